The van der Waals surface area contributed by atoms with Crippen LogP contribution in [-0.2, 0) is 11.3 Å². The predicted octanol–water partition coefficient (Wildman–Crippen LogP) is 5.46. The quantitative estimate of drug-likeness (QED) is 0.453. The van der Waals surface area contributed by atoms with Gasteiger partial charge in [0.1, 0.15) is 5.82 Å². The minimum atomic E-state index is 0.629. The van der Waals surface area contributed by atoms with Crippen LogP contribution in [-0.4, -0.2) is 21.4 Å². The third-order valence-electron chi connectivity index (χ3n) is 4.68. The van der Waals surface area contributed by atoms with Gasteiger partial charge in [-0.2, -0.15) is 5.10 Å². The summed E-state index contributed by atoms with van der Waals surface area (Å²) in [6.07, 6.45) is 3.72. The summed E-state index contributed by atoms with van der Waals surface area (Å²) in [5, 5.41) is 7.75. The molecule has 0 saturated carbocycles. The highest BCUT2D eigenvalue weighted by Gasteiger charge is 2.06. The molecule has 4 rings (SSSR count). The molecule has 5 heteroatoms. The predicted molar refractivity (Wildman–Crippen MR) is 113 cm³/mol. The van der Waals surface area contributed by atoms with Gasteiger partial charge in [0.15, 0.2) is 0 Å². The zero-order valence-corrected chi connectivity index (χ0v) is 16.1. The molecule has 4 aromatic rings. The van der Waals surface area contributed by atoms with Gasteiger partial charge in [-0.3, -0.25) is 0 Å². The van der Waals surface area contributed by atoms with Gasteiger partial charge in [0, 0.05) is 30.4 Å². The second kappa shape index (κ2) is 8.15. The van der Waals surface area contributed by atoms with Crippen LogP contribution < -0.4 is 5.32 Å². The lowest BCUT2D eigenvalue weighted by Crippen LogP contribution is -1.97. The van der Waals surface area contributed by atoms with Crippen LogP contribution in [0.1, 0.15) is 18.1 Å². The number of ether oxygens (including phenoxy) is 1. The molecule has 0 saturated heterocycles. The van der Waals surface area contributed by atoms with Crippen LogP contribution in [0, 0.1) is 6.92 Å². The van der Waals surface area contributed by atoms with Gasteiger partial charge in [0.2, 0.25) is 0 Å². The molecule has 2 aromatic heterocycles. The van der Waals surface area contributed by atoms with Crippen molar-refractivity contribution in [3.63, 3.8) is 0 Å². The number of benzene rings is 2. The van der Waals surface area contributed by atoms with Crippen LogP contribution in [0.3, 0.4) is 0 Å². The summed E-state index contributed by atoms with van der Waals surface area (Å²) >= 11 is 0. The smallest absolute Gasteiger partial charge is 0.108 e. The first kappa shape index (κ1) is 18.1. The molecule has 0 amide bonds. The number of aromatic amines is 1. The Kier molecular flexibility index (Phi) is 5.26. The van der Waals surface area contributed by atoms with Gasteiger partial charge in [-0.05, 0) is 66.9 Å². The van der Waals surface area contributed by atoms with Crippen LogP contribution >= 0.6 is 0 Å². The summed E-state index contributed by atoms with van der Waals surface area (Å²) in [6.45, 7) is 5.46. The molecule has 0 aliphatic rings. The average Bonchev–Trinajstić information content (AvgIpc) is 3.41. The minimum Gasteiger partial charge on any atom is -0.377 e. The number of hydrogen-bond donors (Lipinski definition) is 2. The number of anilines is 2. The summed E-state index contributed by atoms with van der Waals surface area (Å²) in [6, 6.07) is 20.8. The molecular weight excluding hydrogens is 348 g/mol. The van der Waals surface area contributed by atoms with E-state index in [0.717, 1.165) is 40.6 Å². The molecule has 0 unspecified atom stereocenters. The highest BCUT2D eigenvalue weighted by molar-refractivity contribution is 5.68. The number of aromatic nitrogens is 3. The van der Waals surface area contributed by atoms with Crippen LogP contribution in [0.5, 0.6) is 0 Å². The topological polar surface area (TPSA) is 54.9 Å². The lowest BCUT2D eigenvalue weighted by Gasteiger charge is -2.11. The molecule has 28 heavy (non-hydrogen) atoms. The number of aryl methyl sites for hydroxylation is 1. The standard InChI is InChI=1S/C23H24N4O/c1-3-28-16-18-6-5-17(2)22(15-18)26-23-12-11-21(25-23)19-7-9-20(10-8-19)27-14-4-13-24-27/h4-15,25-26H,3,16H2,1-2H3. The molecule has 0 spiro atoms. The number of rotatable bonds is 7. The van der Waals surface area contributed by atoms with E-state index in [9.17, 15) is 0 Å². The van der Waals surface area contributed by atoms with Crippen molar-refractivity contribution in [1.82, 2.24) is 14.8 Å². The van der Waals surface area contributed by atoms with E-state index in [1.54, 1.807) is 6.20 Å². The summed E-state index contributed by atoms with van der Waals surface area (Å²) in [5.41, 5.74) is 6.68. The van der Waals surface area contributed by atoms with Gasteiger partial charge >= 0.3 is 0 Å². The van der Waals surface area contributed by atoms with E-state index in [2.05, 4.69) is 76.9 Å². The van der Waals surface area contributed by atoms with E-state index in [4.69, 9.17) is 4.74 Å². The van der Waals surface area contributed by atoms with Crippen molar-refractivity contribution in [2.24, 2.45) is 0 Å². The number of H-pyrrole nitrogens is 1. The summed E-state index contributed by atoms with van der Waals surface area (Å²) in [7, 11) is 0. The maximum atomic E-state index is 5.52. The van der Waals surface area contributed by atoms with Gasteiger partial charge < -0.3 is 15.0 Å². The lowest BCUT2D eigenvalue weighted by molar-refractivity contribution is 0.134. The van der Waals surface area contributed by atoms with Gasteiger partial charge in [-0.25, -0.2) is 4.68 Å². The fourth-order valence-corrected chi connectivity index (χ4v) is 3.11. The third-order valence-corrected chi connectivity index (χ3v) is 4.68. The molecular formula is C23H24N4O. The van der Waals surface area contributed by atoms with E-state index in [-0.39, 0.29) is 0 Å². The van der Waals surface area contributed by atoms with Crippen LogP contribution in [0.4, 0.5) is 11.5 Å². The van der Waals surface area contributed by atoms with Crippen LogP contribution in [0.15, 0.2) is 73.1 Å². The molecule has 0 radical (unpaired) electrons. The molecule has 2 aromatic carbocycles. The number of nitrogens with zero attached hydrogens (tertiary/aromatic N) is 2. The van der Waals surface area contributed by atoms with Gasteiger partial charge in [-0.15, -0.1) is 0 Å². The lowest BCUT2D eigenvalue weighted by atomic mass is 10.1. The van der Waals surface area contributed by atoms with E-state index >= 15 is 0 Å². The van der Waals surface area contributed by atoms with E-state index < -0.39 is 0 Å². The van der Waals surface area contributed by atoms with Crippen molar-refractivity contribution < 1.29 is 4.74 Å². The average molecular weight is 372 g/mol. The van der Waals surface area contributed by atoms with Crippen molar-refractivity contribution in [2.45, 2.75) is 20.5 Å². The highest BCUT2D eigenvalue weighted by Crippen LogP contribution is 2.26. The monoisotopic (exact) mass is 372 g/mol. The molecule has 2 N–H and O–H groups in total. The van der Waals surface area contributed by atoms with Crippen molar-refractivity contribution in [1.29, 1.82) is 0 Å². The largest absolute Gasteiger partial charge is 0.377 e. The van der Waals surface area contributed by atoms with Crippen molar-refractivity contribution in [3.8, 4) is 16.9 Å². The molecule has 142 valence electrons. The van der Waals surface area contributed by atoms with E-state index in [0.29, 0.717) is 6.61 Å². The maximum Gasteiger partial charge on any atom is 0.108 e. The molecule has 0 aliphatic carbocycles. The SMILES string of the molecule is CCOCc1ccc(C)c(Nc2ccc(-c3ccc(-n4cccn4)cc3)[nH]2)c1. The first-order valence-corrected chi connectivity index (χ1v) is 9.46. The van der Waals surface area contributed by atoms with Gasteiger partial charge in [0.25, 0.3) is 0 Å². The molecule has 2 heterocycles. The summed E-state index contributed by atoms with van der Waals surface area (Å²) in [5.74, 6) is 0.961. The Balaban J connectivity index is 1.50. The molecule has 0 bridgehead atoms. The fourth-order valence-electron chi connectivity index (χ4n) is 3.11. The Labute approximate surface area is 165 Å². The summed E-state index contributed by atoms with van der Waals surface area (Å²) < 4.78 is 7.37. The van der Waals surface area contributed by atoms with E-state index in [1.807, 2.05) is 23.9 Å². The van der Waals surface area contributed by atoms with Crippen molar-refractivity contribution in [2.75, 3.05) is 11.9 Å². The fraction of sp³-hybridized carbons (Fsp3) is 0.174. The van der Waals surface area contributed by atoms with E-state index in [1.165, 1.54) is 5.56 Å². The Morgan fingerprint density at radius 1 is 1.07 bits per heavy atom. The molecule has 0 fully saturated rings. The molecule has 0 aliphatic heterocycles. The van der Waals surface area contributed by atoms with Crippen LogP contribution in [0.25, 0.3) is 16.9 Å². The Hall–Kier alpha value is -3.31. The van der Waals surface area contributed by atoms with Crippen molar-refractivity contribution >= 4 is 11.5 Å². The maximum absolute atomic E-state index is 5.52. The number of nitrogens with one attached hydrogen (secondary N) is 2. The zero-order chi connectivity index (χ0) is 19.3. The Morgan fingerprint density at radius 3 is 2.68 bits per heavy atom. The van der Waals surface area contributed by atoms with Gasteiger partial charge in [-0.1, -0.05) is 24.3 Å². The number of hydrogen-bond acceptors (Lipinski definition) is 3. The van der Waals surface area contributed by atoms with Gasteiger partial charge in [0.05, 0.1) is 12.3 Å². The summed E-state index contributed by atoms with van der Waals surface area (Å²) in [4.78, 5) is 3.46. The first-order chi connectivity index (χ1) is 13.7. The molecule has 0 atom stereocenters. The normalized spacial score (nSPS) is 10.9. The Bertz CT molecular complexity index is 1030. The highest BCUT2D eigenvalue weighted by atomic mass is 16.5. The second-order valence-corrected chi connectivity index (χ2v) is 6.69. The Morgan fingerprint density at radius 2 is 1.93 bits per heavy atom. The second-order valence-electron chi connectivity index (χ2n) is 6.69. The van der Waals surface area contributed by atoms with Crippen LogP contribution in [0.2, 0.25) is 0 Å². The minimum absolute atomic E-state index is 0.629. The first-order valence-electron chi connectivity index (χ1n) is 9.46. The molecule has 5 nitrogen and oxygen atoms in total. The zero-order valence-electron chi connectivity index (χ0n) is 16.1. The van der Waals surface area contributed by atoms with Crippen molar-refractivity contribution in [3.05, 3.63) is 84.2 Å². The third kappa shape index (κ3) is 4.00.